The Morgan fingerprint density at radius 2 is 2.15 bits per heavy atom. The van der Waals surface area contributed by atoms with Gasteiger partial charge in [0.25, 0.3) is 0 Å². The molecule has 2 heterocycles. The van der Waals surface area contributed by atoms with Crippen LogP contribution in [-0.2, 0) is 18.4 Å². The topological polar surface area (TPSA) is 82.2 Å². The number of carbonyl (C=O) groups excluding carboxylic acids is 1. The number of aliphatic hydroxyl groups excluding tert-OH is 1. The first-order valence-corrected chi connectivity index (χ1v) is 8.47. The van der Waals surface area contributed by atoms with Gasteiger partial charge in [-0.1, -0.05) is 12.1 Å². The van der Waals surface area contributed by atoms with Gasteiger partial charge in [-0.3, -0.25) is 4.68 Å². The van der Waals surface area contributed by atoms with Crippen LogP contribution in [0.1, 0.15) is 45.4 Å². The summed E-state index contributed by atoms with van der Waals surface area (Å²) in [4.78, 5) is 12.2. The minimum absolute atomic E-state index is 0.0456. The molecule has 0 unspecified atom stereocenters. The van der Waals surface area contributed by atoms with Crippen LogP contribution in [0.3, 0.4) is 0 Å². The Balaban J connectivity index is 1.76. The average Bonchev–Trinajstić information content (AvgIpc) is 3.12. The number of ether oxygens (including phenoxy) is 1. The summed E-state index contributed by atoms with van der Waals surface area (Å²) < 4.78 is 8.52. The Hall–Kier alpha value is -2.93. The van der Waals surface area contributed by atoms with E-state index in [-0.39, 0.29) is 18.5 Å². The third-order valence-corrected chi connectivity index (χ3v) is 4.84. The number of hydrogen-bond donors (Lipinski definition) is 1. The Labute approximate surface area is 150 Å². The van der Waals surface area contributed by atoms with E-state index in [9.17, 15) is 9.90 Å². The number of benzene rings is 1. The molecule has 2 aromatic heterocycles. The quantitative estimate of drug-likeness (QED) is 0.712. The lowest BCUT2D eigenvalue weighted by Crippen LogP contribution is -2.08. The van der Waals surface area contributed by atoms with Crippen LogP contribution in [-0.4, -0.2) is 37.7 Å². The molecule has 1 aliphatic rings. The highest BCUT2D eigenvalue weighted by molar-refractivity contribution is 5.91. The van der Waals surface area contributed by atoms with Gasteiger partial charge in [-0.15, -0.1) is 0 Å². The molecule has 1 N–H and O–H groups in total. The van der Waals surface area contributed by atoms with Crippen molar-refractivity contribution >= 4 is 5.97 Å². The molecule has 0 aliphatic heterocycles. The van der Waals surface area contributed by atoms with Crippen molar-refractivity contribution in [2.24, 2.45) is 7.05 Å². The average molecular weight is 352 g/mol. The molecule has 1 saturated carbocycles. The number of aryl methyl sites for hydroxylation is 1. The zero-order valence-corrected chi connectivity index (χ0v) is 14.7. The van der Waals surface area contributed by atoms with E-state index < -0.39 is 0 Å². The van der Waals surface area contributed by atoms with Gasteiger partial charge in [0.2, 0.25) is 0 Å². The van der Waals surface area contributed by atoms with E-state index in [0.29, 0.717) is 11.5 Å². The Morgan fingerprint density at radius 3 is 2.85 bits per heavy atom. The zero-order valence-electron chi connectivity index (χ0n) is 14.7. The third kappa shape index (κ3) is 2.80. The molecule has 2 atom stereocenters. The Bertz CT molecular complexity index is 959. The Kier molecular flexibility index (Phi) is 4.08. The summed E-state index contributed by atoms with van der Waals surface area (Å²) in [6, 6.07) is 7.51. The second kappa shape index (κ2) is 6.42. The highest BCUT2D eigenvalue weighted by Crippen LogP contribution is 2.55. The van der Waals surface area contributed by atoms with Crippen molar-refractivity contribution in [3.8, 4) is 5.69 Å². The monoisotopic (exact) mass is 352 g/mol. The molecule has 7 heteroatoms. The van der Waals surface area contributed by atoms with Crippen molar-refractivity contribution in [3.63, 3.8) is 0 Å². The number of rotatable bonds is 5. The van der Waals surface area contributed by atoms with Gasteiger partial charge in [-0.2, -0.15) is 10.2 Å². The van der Waals surface area contributed by atoms with Gasteiger partial charge in [0.15, 0.2) is 0 Å². The van der Waals surface area contributed by atoms with Crippen molar-refractivity contribution in [3.05, 3.63) is 65.2 Å². The van der Waals surface area contributed by atoms with Gasteiger partial charge in [-0.05, 0) is 35.6 Å². The molecule has 1 fully saturated rings. The smallest absolute Gasteiger partial charge is 0.341 e. The van der Waals surface area contributed by atoms with Crippen molar-refractivity contribution < 1.29 is 14.6 Å². The molecule has 3 aromatic rings. The van der Waals surface area contributed by atoms with E-state index >= 15 is 0 Å². The van der Waals surface area contributed by atoms with Gasteiger partial charge < -0.3 is 9.84 Å². The van der Waals surface area contributed by atoms with Gasteiger partial charge in [0.1, 0.15) is 5.56 Å². The lowest BCUT2D eigenvalue weighted by atomic mass is 10.1. The second-order valence-corrected chi connectivity index (χ2v) is 6.57. The summed E-state index contributed by atoms with van der Waals surface area (Å²) in [5, 5.41) is 18.1. The molecular weight excluding hydrogens is 332 g/mol. The predicted molar refractivity (Wildman–Crippen MR) is 94.1 cm³/mol. The molecule has 0 spiro atoms. The first kappa shape index (κ1) is 16.5. The summed E-state index contributed by atoms with van der Waals surface area (Å²) in [5.41, 5.74) is 4.10. The Morgan fingerprint density at radius 1 is 1.31 bits per heavy atom. The number of esters is 1. The second-order valence-electron chi connectivity index (χ2n) is 6.57. The van der Waals surface area contributed by atoms with E-state index in [2.05, 4.69) is 10.2 Å². The number of aromatic nitrogens is 4. The van der Waals surface area contributed by atoms with Crippen molar-refractivity contribution in [2.45, 2.75) is 24.9 Å². The van der Waals surface area contributed by atoms with E-state index in [1.807, 2.05) is 43.7 Å². The molecule has 0 radical (unpaired) electrons. The van der Waals surface area contributed by atoms with Crippen LogP contribution in [0.15, 0.2) is 42.9 Å². The van der Waals surface area contributed by atoms with Gasteiger partial charge in [-0.25, -0.2) is 9.48 Å². The van der Waals surface area contributed by atoms with Crippen LogP contribution >= 0.6 is 0 Å². The number of methoxy groups -OCH3 is 1. The van der Waals surface area contributed by atoms with E-state index in [4.69, 9.17) is 4.74 Å². The number of carbonyl (C=O) groups is 1. The van der Waals surface area contributed by atoms with Crippen molar-refractivity contribution in [1.82, 2.24) is 19.6 Å². The van der Waals surface area contributed by atoms with Crippen LogP contribution < -0.4 is 0 Å². The maximum absolute atomic E-state index is 12.2. The zero-order chi connectivity index (χ0) is 18.3. The minimum Gasteiger partial charge on any atom is -0.465 e. The summed E-state index contributed by atoms with van der Waals surface area (Å²) >= 11 is 0. The summed E-state index contributed by atoms with van der Waals surface area (Å²) in [6.45, 7) is -0.0456. The van der Waals surface area contributed by atoms with E-state index in [1.54, 1.807) is 15.6 Å². The van der Waals surface area contributed by atoms with Gasteiger partial charge >= 0.3 is 5.97 Å². The normalized spacial score (nSPS) is 18.7. The first-order chi connectivity index (χ1) is 12.6. The van der Waals surface area contributed by atoms with Crippen molar-refractivity contribution in [1.29, 1.82) is 0 Å². The molecule has 1 aromatic carbocycles. The van der Waals surface area contributed by atoms with Gasteiger partial charge in [0.05, 0.1) is 37.5 Å². The molecule has 0 saturated heterocycles. The molecule has 7 nitrogen and oxygen atoms in total. The van der Waals surface area contributed by atoms with E-state index in [0.717, 1.165) is 28.9 Å². The fourth-order valence-corrected chi connectivity index (χ4v) is 3.47. The maximum atomic E-state index is 12.2. The molecular formula is C19H20N4O3. The van der Waals surface area contributed by atoms with Gasteiger partial charge in [0, 0.05) is 19.2 Å². The van der Waals surface area contributed by atoms with Crippen LogP contribution in [0, 0.1) is 0 Å². The highest BCUT2D eigenvalue weighted by Gasteiger charge is 2.45. The highest BCUT2D eigenvalue weighted by atomic mass is 16.5. The third-order valence-electron chi connectivity index (χ3n) is 4.84. The first-order valence-electron chi connectivity index (χ1n) is 8.47. The molecule has 134 valence electrons. The van der Waals surface area contributed by atoms with Crippen LogP contribution in [0.2, 0.25) is 0 Å². The molecule has 0 bridgehead atoms. The molecule has 0 amide bonds. The van der Waals surface area contributed by atoms with Crippen molar-refractivity contribution in [2.75, 3.05) is 7.11 Å². The SMILES string of the molecule is COC(=O)c1cnn(-c2cccc(CO)c2)c1[C@@H]1C[C@H]1c1cnn(C)c1. The largest absolute Gasteiger partial charge is 0.465 e. The molecule has 4 rings (SSSR count). The predicted octanol–water partition coefficient (Wildman–Crippen LogP) is 2.16. The standard InChI is InChI=1S/C19H20N4O3/c1-22-10-13(8-20-22)15-7-16(15)18-17(19(25)26-2)9-21-23(18)14-5-3-4-12(6-14)11-24/h3-6,8-10,15-16,24H,7,11H2,1-2H3/t15-,16+/m0/s1. The lowest BCUT2D eigenvalue weighted by molar-refractivity contribution is 0.0599. The van der Waals surface area contributed by atoms with Crippen LogP contribution in [0.25, 0.3) is 5.69 Å². The fourth-order valence-electron chi connectivity index (χ4n) is 3.47. The summed E-state index contributed by atoms with van der Waals surface area (Å²) in [5.74, 6) is 0.0959. The number of nitrogens with zero attached hydrogens (tertiary/aromatic N) is 4. The fraction of sp³-hybridized carbons (Fsp3) is 0.316. The molecule has 26 heavy (non-hydrogen) atoms. The van der Waals surface area contributed by atoms with Crippen LogP contribution in [0.4, 0.5) is 0 Å². The lowest BCUT2D eigenvalue weighted by Gasteiger charge is -2.10. The number of aliphatic hydroxyl groups is 1. The van der Waals surface area contributed by atoms with E-state index in [1.165, 1.54) is 7.11 Å². The minimum atomic E-state index is -0.388. The van der Waals surface area contributed by atoms with Crippen LogP contribution in [0.5, 0.6) is 0 Å². The number of hydrogen-bond acceptors (Lipinski definition) is 5. The molecule has 1 aliphatic carbocycles. The maximum Gasteiger partial charge on any atom is 0.341 e. The summed E-state index contributed by atoms with van der Waals surface area (Å²) in [7, 11) is 3.27. The summed E-state index contributed by atoms with van der Waals surface area (Å²) in [6.07, 6.45) is 6.37.